The summed E-state index contributed by atoms with van der Waals surface area (Å²) in [6, 6.07) is 6.04. The van der Waals surface area contributed by atoms with Crippen molar-refractivity contribution >= 4 is 22.1 Å². The van der Waals surface area contributed by atoms with Crippen LogP contribution in [0.3, 0.4) is 0 Å². The molecule has 0 saturated heterocycles. The normalized spacial score (nSPS) is 14.1. The molecule has 2 N–H and O–H groups in total. The van der Waals surface area contributed by atoms with E-state index in [1.807, 2.05) is 6.92 Å². The highest BCUT2D eigenvalue weighted by Crippen LogP contribution is 2.15. The van der Waals surface area contributed by atoms with Crippen molar-refractivity contribution in [2.45, 2.75) is 38.1 Å². The van der Waals surface area contributed by atoms with Crippen molar-refractivity contribution < 1.29 is 18.3 Å². The standard InChI is InChI=1S/C14H19NO4S/c1-4-11(3)15-20(18,19)13-7-5-6-12(9-13)8-10(2)14(16)17/h5-9,11,15H,4H2,1-3H3,(H,16,17)/b10-8+. The van der Waals surface area contributed by atoms with Gasteiger partial charge in [0, 0.05) is 11.6 Å². The first kappa shape index (κ1) is 16.4. The molecule has 5 nitrogen and oxygen atoms in total. The third-order valence-corrected chi connectivity index (χ3v) is 4.44. The van der Waals surface area contributed by atoms with E-state index in [4.69, 9.17) is 5.11 Å². The van der Waals surface area contributed by atoms with Crippen molar-refractivity contribution in [3.8, 4) is 0 Å². The molecule has 0 bridgehead atoms. The van der Waals surface area contributed by atoms with Gasteiger partial charge >= 0.3 is 5.97 Å². The molecule has 1 unspecified atom stereocenters. The van der Waals surface area contributed by atoms with Gasteiger partial charge in [-0.25, -0.2) is 17.9 Å². The van der Waals surface area contributed by atoms with Gasteiger partial charge in [0.25, 0.3) is 0 Å². The predicted octanol–water partition coefficient (Wildman–Crippen LogP) is 2.25. The minimum Gasteiger partial charge on any atom is -0.478 e. The molecule has 1 rings (SSSR count). The van der Waals surface area contributed by atoms with Gasteiger partial charge in [-0.05, 0) is 44.0 Å². The molecular formula is C14H19NO4S. The monoisotopic (exact) mass is 297 g/mol. The number of hydrogen-bond acceptors (Lipinski definition) is 3. The first-order valence-corrected chi connectivity index (χ1v) is 7.78. The largest absolute Gasteiger partial charge is 0.478 e. The number of aliphatic carboxylic acids is 1. The molecule has 20 heavy (non-hydrogen) atoms. The van der Waals surface area contributed by atoms with Gasteiger partial charge in [0.1, 0.15) is 0 Å². The van der Waals surface area contributed by atoms with Crippen LogP contribution in [-0.4, -0.2) is 25.5 Å². The van der Waals surface area contributed by atoms with Crippen molar-refractivity contribution in [1.82, 2.24) is 4.72 Å². The zero-order valence-corrected chi connectivity index (χ0v) is 12.6. The van der Waals surface area contributed by atoms with Crippen molar-refractivity contribution in [2.24, 2.45) is 0 Å². The van der Waals surface area contributed by atoms with E-state index in [0.29, 0.717) is 12.0 Å². The highest BCUT2D eigenvalue weighted by atomic mass is 32.2. The fourth-order valence-corrected chi connectivity index (χ4v) is 2.88. The summed E-state index contributed by atoms with van der Waals surface area (Å²) >= 11 is 0. The molecule has 0 aliphatic heterocycles. The summed E-state index contributed by atoms with van der Waals surface area (Å²) in [7, 11) is -3.58. The third-order valence-electron chi connectivity index (χ3n) is 2.86. The Morgan fingerprint density at radius 2 is 2.10 bits per heavy atom. The molecular weight excluding hydrogens is 278 g/mol. The number of sulfonamides is 1. The summed E-state index contributed by atoms with van der Waals surface area (Å²) in [4.78, 5) is 10.9. The van der Waals surface area contributed by atoms with E-state index in [9.17, 15) is 13.2 Å². The van der Waals surface area contributed by atoms with Crippen molar-refractivity contribution in [3.63, 3.8) is 0 Å². The van der Waals surface area contributed by atoms with Crippen LogP contribution in [0.25, 0.3) is 6.08 Å². The van der Waals surface area contributed by atoms with Crippen LogP contribution in [0.2, 0.25) is 0 Å². The SMILES string of the molecule is CCC(C)NS(=O)(=O)c1cccc(/C=C(\C)C(=O)O)c1. The quantitative estimate of drug-likeness (QED) is 0.789. The summed E-state index contributed by atoms with van der Waals surface area (Å²) in [5.74, 6) is -1.03. The summed E-state index contributed by atoms with van der Waals surface area (Å²) in [5, 5.41) is 8.82. The van der Waals surface area contributed by atoms with Gasteiger partial charge in [-0.2, -0.15) is 0 Å². The van der Waals surface area contributed by atoms with E-state index in [0.717, 1.165) is 0 Å². The minimum atomic E-state index is -3.58. The maximum absolute atomic E-state index is 12.1. The Labute approximate surface area is 119 Å². The van der Waals surface area contributed by atoms with Gasteiger partial charge in [-0.3, -0.25) is 0 Å². The van der Waals surface area contributed by atoms with Gasteiger partial charge in [0.05, 0.1) is 4.90 Å². The number of carbonyl (C=O) groups is 1. The summed E-state index contributed by atoms with van der Waals surface area (Å²) < 4.78 is 26.8. The first-order valence-electron chi connectivity index (χ1n) is 6.30. The fraction of sp³-hybridized carbons (Fsp3) is 0.357. The maximum atomic E-state index is 12.1. The Kier molecular flexibility index (Phi) is 5.47. The van der Waals surface area contributed by atoms with Gasteiger partial charge < -0.3 is 5.11 Å². The molecule has 6 heteroatoms. The Morgan fingerprint density at radius 1 is 1.45 bits per heavy atom. The molecule has 1 atom stereocenters. The minimum absolute atomic E-state index is 0.129. The Balaban J connectivity index is 3.11. The van der Waals surface area contributed by atoms with Crippen LogP contribution in [0.4, 0.5) is 0 Å². The average molecular weight is 297 g/mol. The lowest BCUT2D eigenvalue weighted by molar-refractivity contribution is -0.132. The lowest BCUT2D eigenvalue weighted by Gasteiger charge is -2.12. The molecule has 1 aromatic carbocycles. The number of carboxylic acids is 1. The van der Waals surface area contributed by atoms with E-state index in [1.54, 1.807) is 19.1 Å². The first-order chi connectivity index (χ1) is 9.26. The zero-order valence-electron chi connectivity index (χ0n) is 11.8. The number of hydrogen-bond donors (Lipinski definition) is 2. The average Bonchev–Trinajstić information content (AvgIpc) is 2.38. The molecule has 110 valence electrons. The molecule has 0 spiro atoms. The Bertz CT molecular complexity index is 620. The molecule has 0 saturated carbocycles. The molecule has 0 aliphatic carbocycles. The summed E-state index contributed by atoms with van der Waals surface area (Å²) in [6.07, 6.45) is 2.13. The zero-order chi connectivity index (χ0) is 15.3. The van der Waals surface area contributed by atoms with Crippen LogP contribution in [0.1, 0.15) is 32.8 Å². The van der Waals surface area contributed by atoms with Crippen molar-refractivity contribution in [1.29, 1.82) is 0 Å². The van der Waals surface area contributed by atoms with Crippen molar-refractivity contribution in [2.75, 3.05) is 0 Å². The van der Waals surface area contributed by atoms with E-state index in [1.165, 1.54) is 25.1 Å². The highest BCUT2D eigenvalue weighted by Gasteiger charge is 2.16. The second-order valence-electron chi connectivity index (χ2n) is 4.64. The number of nitrogens with one attached hydrogen (secondary N) is 1. The second kappa shape index (κ2) is 6.67. The number of benzene rings is 1. The van der Waals surface area contributed by atoms with Gasteiger partial charge in [-0.1, -0.05) is 19.1 Å². The molecule has 0 heterocycles. The Morgan fingerprint density at radius 3 is 2.65 bits per heavy atom. The topological polar surface area (TPSA) is 83.5 Å². The van der Waals surface area contributed by atoms with E-state index < -0.39 is 16.0 Å². The summed E-state index contributed by atoms with van der Waals surface area (Å²) in [6.45, 7) is 5.14. The Hall–Kier alpha value is -1.66. The van der Waals surface area contributed by atoms with Crippen LogP contribution in [0, 0.1) is 0 Å². The van der Waals surface area contributed by atoms with Crippen molar-refractivity contribution in [3.05, 3.63) is 35.4 Å². The van der Waals surface area contributed by atoms with Gasteiger partial charge in [0.15, 0.2) is 0 Å². The smallest absolute Gasteiger partial charge is 0.331 e. The molecule has 0 aliphatic rings. The predicted molar refractivity (Wildman–Crippen MR) is 77.8 cm³/mol. The van der Waals surface area contributed by atoms with Crippen LogP contribution in [-0.2, 0) is 14.8 Å². The molecule has 0 amide bonds. The van der Waals surface area contributed by atoms with Crippen LogP contribution >= 0.6 is 0 Å². The van der Waals surface area contributed by atoms with Gasteiger partial charge in [0.2, 0.25) is 10.0 Å². The molecule has 0 fully saturated rings. The van der Waals surface area contributed by atoms with Gasteiger partial charge in [-0.15, -0.1) is 0 Å². The van der Waals surface area contributed by atoms with Crippen LogP contribution < -0.4 is 4.72 Å². The second-order valence-corrected chi connectivity index (χ2v) is 6.35. The molecule has 0 radical (unpaired) electrons. The van der Waals surface area contributed by atoms with Crippen LogP contribution in [0.15, 0.2) is 34.7 Å². The van der Waals surface area contributed by atoms with E-state index >= 15 is 0 Å². The number of rotatable bonds is 6. The van der Waals surface area contributed by atoms with Crippen LogP contribution in [0.5, 0.6) is 0 Å². The lowest BCUT2D eigenvalue weighted by Crippen LogP contribution is -2.32. The van der Waals surface area contributed by atoms with E-state index in [-0.39, 0.29) is 16.5 Å². The third kappa shape index (κ3) is 4.47. The fourth-order valence-electron chi connectivity index (χ4n) is 1.50. The number of carboxylic acid groups (broad SMARTS) is 1. The highest BCUT2D eigenvalue weighted by molar-refractivity contribution is 7.89. The lowest BCUT2D eigenvalue weighted by atomic mass is 10.1. The molecule has 0 aromatic heterocycles. The summed E-state index contributed by atoms with van der Waals surface area (Å²) in [5.41, 5.74) is 0.686. The maximum Gasteiger partial charge on any atom is 0.331 e. The van der Waals surface area contributed by atoms with E-state index in [2.05, 4.69) is 4.72 Å². The molecule has 1 aromatic rings.